The van der Waals surface area contributed by atoms with Crippen molar-refractivity contribution in [2.75, 3.05) is 7.11 Å². The molecule has 0 amide bonds. The summed E-state index contributed by atoms with van der Waals surface area (Å²) in [5.74, 6) is 1.74. The molecule has 0 bridgehead atoms. The number of rotatable bonds is 5. The molecule has 29 heavy (non-hydrogen) atoms. The highest BCUT2D eigenvalue weighted by atomic mass is 32.1. The number of hydrogen-bond donors (Lipinski definition) is 0. The minimum Gasteiger partial charge on any atom is -0.497 e. The van der Waals surface area contributed by atoms with Gasteiger partial charge in [-0.05, 0) is 50.1 Å². The molecule has 3 aromatic rings. The molecule has 5 heteroatoms. The van der Waals surface area contributed by atoms with Crippen LogP contribution in [-0.4, -0.2) is 22.3 Å². The summed E-state index contributed by atoms with van der Waals surface area (Å²) in [6, 6.07) is 18.6. The Labute approximate surface area is 177 Å². The Morgan fingerprint density at radius 3 is 2.52 bits per heavy atom. The number of aryl methyl sites for hydroxylation is 1. The first-order chi connectivity index (χ1) is 14.0. The third-order valence-electron chi connectivity index (χ3n) is 5.41. The van der Waals surface area contributed by atoms with E-state index in [1.54, 1.807) is 7.11 Å². The van der Waals surface area contributed by atoms with Crippen LogP contribution < -0.4 is 4.74 Å². The fourth-order valence-electron chi connectivity index (χ4n) is 3.79. The molecular weight excluding hydrogens is 380 g/mol. The van der Waals surface area contributed by atoms with E-state index < -0.39 is 0 Å². The summed E-state index contributed by atoms with van der Waals surface area (Å²) in [6.07, 6.45) is 1.74. The van der Waals surface area contributed by atoms with Gasteiger partial charge >= 0.3 is 0 Å². The van der Waals surface area contributed by atoms with E-state index in [4.69, 9.17) is 26.7 Å². The van der Waals surface area contributed by atoms with Crippen LogP contribution in [-0.2, 0) is 30.7 Å². The van der Waals surface area contributed by atoms with Gasteiger partial charge in [0.25, 0.3) is 0 Å². The van der Waals surface area contributed by atoms with Crippen molar-refractivity contribution in [3.8, 4) is 17.1 Å². The summed E-state index contributed by atoms with van der Waals surface area (Å²) in [5, 5.41) is 0. The monoisotopic (exact) mass is 406 g/mol. The van der Waals surface area contributed by atoms with Gasteiger partial charge in [-0.1, -0.05) is 42.5 Å². The first kappa shape index (κ1) is 19.8. The van der Waals surface area contributed by atoms with E-state index in [1.165, 1.54) is 11.3 Å². The van der Waals surface area contributed by atoms with Gasteiger partial charge in [0, 0.05) is 29.8 Å². The molecule has 2 heterocycles. The molecule has 1 aliphatic heterocycles. The van der Waals surface area contributed by atoms with Crippen LogP contribution in [0.25, 0.3) is 11.4 Å². The Bertz CT molecular complexity index is 1060. The maximum Gasteiger partial charge on any atom is 0.141 e. The average Bonchev–Trinajstić information content (AvgIpc) is 2.73. The van der Waals surface area contributed by atoms with E-state index in [0.29, 0.717) is 11.2 Å². The van der Waals surface area contributed by atoms with Crippen molar-refractivity contribution in [3.05, 3.63) is 76.1 Å². The molecule has 150 valence electrons. The lowest BCUT2D eigenvalue weighted by Crippen LogP contribution is -2.35. The molecule has 1 aromatic heterocycles. The molecule has 0 saturated carbocycles. The largest absolute Gasteiger partial charge is 0.497 e. The van der Waals surface area contributed by atoms with Crippen LogP contribution >= 0.6 is 12.2 Å². The summed E-state index contributed by atoms with van der Waals surface area (Å²) in [7, 11) is 1.68. The SMILES string of the molecule is COc1ccc(-c2nc(=S)c3c(n2CCc2ccccc2)CC(C)(C)OC3)cc1. The molecule has 0 aliphatic carbocycles. The molecule has 0 atom stereocenters. The lowest BCUT2D eigenvalue weighted by Gasteiger charge is -2.34. The lowest BCUT2D eigenvalue weighted by molar-refractivity contribution is -0.0428. The van der Waals surface area contributed by atoms with Gasteiger partial charge in [-0.25, -0.2) is 4.98 Å². The highest BCUT2D eigenvalue weighted by molar-refractivity contribution is 7.71. The summed E-state index contributed by atoms with van der Waals surface area (Å²) in [4.78, 5) is 4.83. The van der Waals surface area contributed by atoms with Crippen molar-refractivity contribution in [2.24, 2.45) is 0 Å². The molecule has 4 rings (SSSR count). The molecule has 0 spiro atoms. The fourth-order valence-corrected chi connectivity index (χ4v) is 4.06. The summed E-state index contributed by atoms with van der Waals surface area (Å²) < 4.78 is 14.3. The average molecular weight is 407 g/mol. The van der Waals surface area contributed by atoms with E-state index in [-0.39, 0.29) is 5.60 Å². The van der Waals surface area contributed by atoms with Crippen LogP contribution in [0.1, 0.15) is 30.7 Å². The minimum absolute atomic E-state index is 0.220. The van der Waals surface area contributed by atoms with Gasteiger partial charge in [0.2, 0.25) is 0 Å². The van der Waals surface area contributed by atoms with Crippen LogP contribution in [0.2, 0.25) is 0 Å². The second-order valence-electron chi connectivity index (χ2n) is 8.01. The maximum absolute atomic E-state index is 6.03. The number of methoxy groups -OCH3 is 1. The van der Waals surface area contributed by atoms with Crippen molar-refractivity contribution in [2.45, 2.75) is 45.4 Å². The number of fused-ring (bicyclic) bond motifs is 1. The maximum atomic E-state index is 6.03. The zero-order chi connectivity index (χ0) is 20.4. The van der Waals surface area contributed by atoms with Gasteiger partial charge in [-0.3, -0.25) is 0 Å². The molecule has 4 nitrogen and oxygen atoms in total. The predicted molar refractivity (Wildman–Crippen MR) is 118 cm³/mol. The van der Waals surface area contributed by atoms with E-state index in [0.717, 1.165) is 42.1 Å². The molecule has 0 radical (unpaired) electrons. The van der Waals surface area contributed by atoms with Gasteiger partial charge in [0.1, 0.15) is 16.2 Å². The van der Waals surface area contributed by atoms with E-state index in [1.807, 2.05) is 24.3 Å². The Balaban J connectivity index is 1.82. The van der Waals surface area contributed by atoms with Crippen LogP contribution in [0.15, 0.2) is 54.6 Å². The number of benzene rings is 2. The van der Waals surface area contributed by atoms with E-state index >= 15 is 0 Å². The number of ether oxygens (including phenoxy) is 2. The second kappa shape index (κ2) is 8.09. The van der Waals surface area contributed by atoms with Gasteiger partial charge in [-0.15, -0.1) is 0 Å². The molecule has 0 fully saturated rings. The van der Waals surface area contributed by atoms with E-state index in [2.05, 4.69) is 48.7 Å². The Morgan fingerprint density at radius 1 is 1.10 bits per heavy atom. The Kier molecular flexibility index (Phi) is 5.52. The first-order valence-electron chi connectivity index (χ1n) is 9.92. The van der Waals surface area contributed by atoms with Crippen LogP contribution in [0.4, 0.5) is 0 Å². The Morgan fingerprint density at radius 2 is 1.83 bits per heavy atom. The topological polar surface area (TPSA) is 36.3 Å². The van der Waals surface area contributed by atoms with Crippen LogP contribution in [0, 0.1) is 4.64 Å². The third kappa shape index (κ3) is 4.26. The molecule has 0 saturated heterocycles. The fraction of sp³-hybridized carbons (Fsp3) is 0.333. The third-order valence-corrected chi connectivity index (χ3v) is 5.75. The highest BCUT2D eigenvalue weighted by Crippen LogP contribution is 2.32. The number of hydrogen-bond acceptors (Lipinski definition) is 4. The van der Waals surface area contributed by atoms with Gasteiger partial charge < -0.3 is 14.0 Å². The van der Waals surface area contributed by atoms with Crippen molar-refractivity contribution in [1.82, 2.24) is 9.55 Å². The van der Waals surface area contributed by atoms with Crippen molar-refractivity contribution >= 4 is 12.2 Å². The molecule has 0 N–H and O–H groups in total. The summed E-state index contributed by atoms with van der Waals surface area (Å²) >= 11 is 5.66. The zero-order valence-corrected chi connectivity index (χ0v) is 18.0. The zero-order valence-electron chi connectivity index (χ0n) is 17.1. The van der Waals surface area contributed by atoms with Crippen molar-refractivity contribution in [1.29, 1.82) is 0 Å². The second-order valence-corrected chi connectivity index (χ2v) is 8.39. The smallest absolute Gasteiger partial charge is 0.141 e. The Hall–Kier alpha value is -2.50. The number of nitrogens with zero attached hydrogens (tertiary/aromatic N) is 2. The molecule has 0 unspecified atom stereocenters. The molecular formula is C24H26N2O2S. The summed E-state index contributed by atoms with van der Waals surface area (Å²) in [5.41, 5.74) is 4.41. The highest BCUT2D eigenvalue weighted by Gasteiger charge is 2.30. The summed E-state index contributed by atoms with van der Waals surface area (Å²) in [6.45, 7) is 5.62. The van der Waals surface area contributed by atoms with Crippen molar-refractivity contribution in [3.63, 3.8) is 0 Å². The van der Waals surface area contributed by atoms with E-state index in [9.17, 15) is 0 Å². The quantitative estimate of drug-likeness (QED) is 0.533. The predicted octanol–water partition coefficient (Wildman–Crippen LogP) is 5.38. The number of aromatic nitrogens is 2. The van der Waals surface area contributed by atoms with Gasteiger partial charge in [0.05, 0.1) is 19.3 Å². The molecule has 1 aliphatic rings. The first-order valence-corrected chi connectivity index (χ1v) is 10.3. The minimum atomic E-state index is -0.220. The van der Waals surface area contributed by atoms with Crippen LogP contribution in [0.3, 0.4) is 0 Å². The van der Waals surface area contributed by atoms with Crippen molar-refractivity contribution < 1.29 is 9.47 Å². The molecule has 2 aromatic carbocycles. The van der Waals surface area contributed by atoms with Crippen LogP contribution in [0.5, 0.6) is 5.75 Å². The normalized spacial score (nSPS) is 15.0. The van der Waals surface area contributed by atoms with Gasteiger partial charge in [0.15, 0.2) is 0 Å². The lowest BCUT2D eigenvalue weighted by atomic mass is 9.95. The van der Waals surface area contributed by atoms with Gasteiger partial charge in [-0.2, -0.15) is 0 Å². The standard InChI is InChI=1S/C24H26N2O2S/c1-24(2)15-21-20(16-28-24)23(29)25-22(18-9-11-19(27-3)12-10-18)26(21)14-13-17-7-5-4-6-8-17/h4-12H,13-16H2,1-3H3.